The molecule has 12 heteroatoms. The zero-order valence-corrected chi connectivity index (χ0v) is 21.9. The number of allylic oxidation sites excluding steroid dienone is 1. The molecule has 11 nitrogen and oxygen atoms in total. The van der Waals surface area contributed by atoms with Crippen molar-refractivity contribution in [3.63, 3.8) is 0 Å². The number of esters is 1. The molecule has 0 radical (unpaired) electrons. The first-order chi connectivity index (χ1) is 17.3. The molecule has 0 aromatic heterocycles. The monoisotopic (exact) mass is 561 g/mol. The number of fused-ring (bicyclic) bond motifs is 1. The largest absolute Gasteiger partial charge is 0.530 e. The summed E-state index contributed by atoms with van der Waals surface area (Å²) in [5.41, 5.74) is 5.97. The van der Waals surface area contributed by atoms with E-state index in [4.69, 9.17) is 19.2 Å². The van der Waals surface area contributed by atoms with Crippen LogP contribution in [0.1, 0.15) is 25.3 Å². The molecule has 1 aromatic carbocycles. The SMILES string of the molecule is COc1ccc(CN[N+]23C=CN=CC2=C(C2CCC(COC(C)=O)N(C(=O)[O-])C2)N=C3Br)c(OC)c1. The van der Waals surface area contributed by atoms with Crippen molar-refractivity contribution in [3.05, 3.63) is 47.6 Å². The first-order valence-corrected chi connectivity index (χ1v) is 12.2. The molecule has 0 saturated carbocycles. The van der Waals surface area contributed by atoms with E-state index in [9.17, 15) is 14.7 Å². The minimum absolute atomic E-state index is 0.00431. The van der Waals surface area contributed by atoms with E-state index in [2.05, 4.69) is 26.3 Å². The van der Waals surface area contributed by atoms with E-state index < -0.39 is 18.1 Å². The summed E-state index contributed by atoms with van der Waals surface area (Å²) in [6.45, 7) is 1.92. The highest BCUT2D eigenvalue weighted by Crippen LogP contribution is 2.39. The van der Waals surface area contributed by atoms with Gasteiger partial charge in [-0.25, -0.2) is 0 Å². The summed E-state index contributed by atoms with van der Waals surface area (Å²) in [6.07, 6.45) is 5.17. The quantitative estimate of drug-likeness (QED) is 0.292. The van der Waals surface area contributed by atoms with Crippen LogP contribution in [0.4, 0.5) is 4.79 Å². The van der Waals surface area contributed by atoms with E-state index in [1.54, 1.807) is 26.6 Å². The van der Waals surface area contributed by atoms with Crippen LogP contribution in [-0.2, 0) is 16.1 Å². The molecule has 1 N–H and O–H groups in total. The topological polar surface area (TPSA) is 125 Å². The number of likely N-dealkylation sites (tertiary alicyclic amines) is 1. The van der Waals surface area contributed by atoms with Gasteiger partial charge in [-0.05, 0) is 18.9 Å². The summed E-state index contributed by atoms with van der Waals surface area (Å²) in [7, 11) is 3.21. The standard InChI is InChI=1S/C24H28BrN5O6/c1-15(31)36-14-18-6-4-17(13-29(18)24(32)33)22-20-12-26-8-9-30(20,23(25)28-22)27-11-16-5-7-19(34-2)10-21(16)35-3/h5,7-10,12,17-18,27H,4,6,11,13-14H2,1-3H3. The molecule has 0 bridgehead atoms. The lowest BCUT2D eigenvalue weighted by Gasteiger charge is -2.40. The summed E-state index contributed by atoms with van der Waals surface area (Å²) < 4.78 is 16.6. The van der Waals surface area contributed by atoms with Crippen LogP contribution in [0.15, 0.2) is 52.0 Å². The highest BCUT2D eigenvalue weighted by atomic mass is 79.9. The Morgan fingerprint density at radius 2 is 2.08 bits per heavy atom. The zero-order chi connectivity index (χ0) is 25.9. The minimum atomic E-state index is -1.30. The Bertz CT molecular complexity index is 1170. The van der Waals surface area contributed by atoms with Crippen LogP contribution < -0.4 is 20.0 Å². The predicted octanol–water partition coefficient (Wildman–Crippen LogP) is 2.04. The van der Waals surface area contributed by atoms with Gasteiger partial charge in [0.1, 0.15) is 36.1 Å². The normalized spacial score (nSPS) is 24.9. The van der Waals surface area contributed by atoms with Crippen LogP contribution in [-0.4, -0.2) is 65.9 Å². The smallest absolute Gasteiger partial charge is 0.302 e. The molecule has 0 aliphatic carbocycles. The molecule has 3 atom stereocenters. The maximum Gasteiger partial charge on any atom is 0.302 e. The fourth-order valence-corrected chi connectivity index (χ4v) is 5.26. The van der Waals surface area contributed by atoms with Gasteiger partial charge in [0.2, 0.25) is 5.70 Å². The second kappa shape index (κ2) is 10.8. The van der Waals surface area contributed by atoms with Gasteiger partial charge in [-0.1, -0.05) is 6.07 Å². The molecular formula is C24H28BrN5O6. The lowest BCUT2D eigenvalue weighted by Crippen LogP contribution is -2.55. The third-order valence-corrected chi connectivity index (χ3v) is 7.28. The lowest BCUT2D eigenvalue weighted by atomic mass is 9.90. The number of amides is 1. The number of methoxy groups -OCH3 is 2. The van der Waals surface area contributed by atoms with Crippen LogP contribution in [0.2, 0.25) is 0 Å². The number of nitrogens with one attached hydrogen (secondary N) is 1. The summed E-state index contributed by atoms with van der Waals surface area (Å²) in [4.78, 5) is 33.5. The number of benzene rings is 1. The van der Waals surface area contributed by atoms with Gasteiger partial charge in [0, 0.05) is 46.9 Å². The Hall–Kier alpha value is -3.22. The van der Waals surface area contributed by atoms with E-state index in [1.807, 2.05) is 24.4 Å². The molecule has 36 heavy (non-hydrogen) atoms. The van der Waals surface area contributed by atoms with Crippen LogP contribution in [0.5, 0.6) is 11.5 Å². The van der Waals surface area contributed by atoms with E-state index in [0.717, 1.165) is 17.0 Å². The fourth-order valence-electron chi connectivity index (χ4n) is 4.64. The van der Waals surface area contributed by atoms with E-state index >= 15 is 0 Å². The van der Waals surface area contributed by atoms with Crippen molar-refractivity contribution < 1.29 is 33.5 Å². The average molecular weight is 562 g/mol. The van der Waals surface area contributed by atoms with E-state index in [1.165, 1.54) is 11.8 Å². The van der Waals surface area contributed by atoms with Crippen molar-refractivity contribution in [1.82, 2.24) is 10.3 Å². The van der Waals surface area contributed by atoms with E-state index in [-0.39, 0.29) is 23.7 Å². The first kappa shape index (κ1) is 25.9. The molecule has 3 aliphatic heterocycles. The number of carbonyl (C=O) groups is 2. The van der Waals surface area contributed by atoms with Crippen LogP contribution in [0.25, 0.3) is 0 Å². The number of amidine groups is 1. The molecule has 1 amide bonds. The minimum Gasteiger partial charge on any atom is -0.530 e. The van der Waals surface area contributed by atoms with Gasteiger partial charge in [0.05, 0.1) is 39.2 Å². The van der Waals surface area contributed by atoms with Gasteiger partial charge in [-0.3, -0.25) is 9.79 Å². The number of halogens is 1. The Morgan fingerprint density at radius 1 is 1.28 bits per heavy atom. The number of piperidine rings is 1. The lowest BCUT2D eigenvalue weighted by molar-refractivity contribution is -0.787. The van der Waals surface area contributed by atoms with E-state index in [0.29, 0.717) is 35.6 Å². The molecular weight excluding hydrogens is 534 g/mol. The summed E-state index contributed by atoms with van der Waals surface area (Å²) >= 11 is 3.63. The third kappa shape index (κ3) is 5.01. The molecule has 1 fully saturated rings. The van der Waals surface area contributed by atoms with Crippen molar-refractivity contribution in [2.24, 2.45) is 15.9 Å². The molecule has 3 heterocycles. The molecule has 1 saturated heterocycles. The second-order valence-corrected chi connectivity index (χ2v) is 9.32. The van der Waals surface area contributed by atoms with Crippen molar-refractivity contribution in [2.45, 2.75) is 32.4 Å². The maximum atomic E-state index is 11.9. The van der Waals surface area contributed by atoms with Crippen molar-refractivity contribution in [2.75, 3.05) is 27.4 Å². The third-order valence-electron chi connectivity index (χ3n) is 6.54. The molecule has 0 spiro atoms. The molecule has 3 aliphatic rings. The number of carbonyl (C=O) groups excluding carboxylic acids is 2. The highest BCUT2D eigenvalue weighted by molar-refractivity contribution is 9.18. The fraction of sp³-hybridized carbons (Fsp3) is 0.417. The number of rotatable bonds is 8. The van der Waals surface area contributed by atoms with Crippen molar-refractivity contribution >= 4 is 39.0 Å². The molecule has 1 aromatic rings. The van der Waals surface area contributed by atoms with Gasteiger partial charge in [-0.15, -0.1) is 10.0 Å². The number of hydrogen-bond donors (Lipinski definition) is 1. The number of hydrogen-bond acceptors (Lipinski definition) is 9. The number of aliphatic imine (C=N–C) groups is 2. The average Bonchev–Trinajstić information content (AvgIpc) is 3.18. The first-order valence-electron chi connectivity index (χ1n) is 11.4. The Labute approximate surface area is 217 Å². The van der Waals surface area contributed by atoms with Crippen LogP contribution in [0, 0.1) is 5.92 Å². The van der Waals surface area contributed by atoms with Crippen LogP contribution >= 0.6 is 15.9 Å². The number of ether oxygens (including phenoxy) is 3. The highest BCUT2D eigenvalue weighted by Gasteiger charge is 2.47. The van der Waals surface area contributed by atoms with Crippen LogP contribution in [0.3, 0.4) is 0 Å². The predicted molar refractivity (Wildman–Crippen MR) is 133 cm³/mol. The number of nitrogens with zero attached hydrogens (tertiary/aromatic N) is 4. The van der Waals surface area contributed by atoms with Gasteiger partial charge >= 0.3 is 10.7 Å². The van der Waals surface area contributed by atoms with Gasteiger partial charge < -0.3 is 29.0 Å². The summed E-state index contributed by atoms with van der Waals surface area (Å²) in [5, 5.41) is 11.9. The Kier molecular flexibility index (Phi) is 7.76. The van der Waals surface area contributed by atoms with Crippen molar-refractivity contribution in [3.8, 4) is 11.5 Å². The second-order valence-electron chi connectivity index (χ2n) is 8.61. The van der Waals surface area contributed by atoms with Gasteiger partial charge in [0.15, 0.2) is 0 Å². The molecule has 3 unspecified atom stereocenters. The van der Waals surface area contributed by atoms with Crippen molar-refractivity contribution in [1.29, 1.82) is 0 Å². The molecule has 192 valence electrons. The van der Waals surface area contributed by atoms with Gasteiger partial charge in [-0.2, -0.15) is 4.99 Å². The zero-order valence-electron chi connectivity index (χ0n) is 20.3. The Morgan fingerprint density at radius 3 is 2.78 bits per heavy atom. The van der Waals surface area contributed by atoms with Gasteiger partial charge in [0.25, 0.3) is 0 Å². The maximum absolute atomic E-state index is 11.9. The Balaban J connectivity index is 1.58. The summed E-state index contributed by atoms with van der Waals surface area (Å²) in [5.74, 6) is 0.746. The summed E-state index contributed by atoms with van der Waals surface area (Å²) in [6, 6.07) is 5.17. The number of quaternary nitrogens is 1. The number of carboxylic acid groups (broad SMARTS) is 1. The molecule has 4 rings (SSSR count).